The van der Waals surface area contributed by atoms with Crippen LogP contribution in [0.4, 0.5) is 0 Å². The molecule has 0 atom stereocenters. The van der Waals surface area contributed by atoms with E-state index in [0.717, 1.165) is 12.2 Å². The van der Waals surface area contributed by atoms with Gasteiger partial charge in [0.1, 0.15) is 0 Å². The fourth-order valence-corrected chi connectivity index (χ4v) is 0.1000. The molecule has 0 amide bonds. The van der Waals surface area contributed by atoms with E-state index in [1.165, 1.54) is 0 Å². The first-order chi connectivity index (χ1) is 10.8. The molecule has 0 radical (unpaired) electrons. The fourth-order valence-electron chi connectivity index (χ4n) is 0.1000. The van der Waals surface area contributed by atoms with Crippen LogP contribution < -0.4 is 0 Å². The summed E-state index contributed by atoms with van der Waals surface area (Å²) in [5.74, 6) is -1.96. The zero-order chi connectivity index (χ0) is 20.4. The van der Waals surface area contributed by atoms with Crippen molar-refractivity contribution in [2.75, 3.05) is 26.4 Å². The molecule has 0 fully saturated rings. The summed E-state index contributed by atoms with van der Waals surface area (Å²) in [4.78, 5) is 18.5. The van der Waals surface area contributed by atoms with Crippen LogP contribution in [0.15, 0.2) is 25.3 Å². The fraction of sp³-hybridized carbons (Fsp3) is 0.625. The summed E-state index contributed by atoms with van der Waals surface area (Å²) in [7, 11) is 0. The second kappa shape index (κ2) is 17.6. The van der Waals surface area contributed by atoms with E-state index in [9.17, 15) is 9.59 Å². The third-order valence-corrected chi connectivity index (χ3v) is 2.06. The van der Waals surface area contributed by atoms with Gasteiger partial charge in [0.2, 0.25) is 0 Å². The van der Waals surface area contributed by atoms with E-state index < -0.39 is 11.9 Å². The molecule has 6 N–H and O–H groups in total. The minimum absolute atomic E-state index is 0.0451. The normalized spacial score (nSPS) is 9.67. The highest BCUT2D eigenvalue weighted by molar-refractivity contribution is 5.79. The number of carbonyl (C=O) groups is 2. The van der Waals surface area contributed by atoms with Crippen LogP contribution in [0, 0.1) is 10.8 Å². The summed E-state index contributed by atoms with van der Waals surface area (Å²) in [5, 5.41) is 48.9. The number of aliphatic hydroxyl groups is 4. The predicted molar refractivity (Wildman–Crippen MR) is 91.6 cm³/mol. The second-order valence-electron chi connectivity index (χ2n) is 6.05. The van der Waals surface area contributed by atoms with E-state index in [1.54, 1.807) is 27.7 Å². The Morgan fingerprint density at radius 3 is 0.833 bits per heavy atom. The van der Waals surface area contributed by atoms with Crippen molar-refractivity contribution in [1.29, 1.82) is 0 Å². The maximum Gasteiger partial charge on any atom is 0.327 e. The molecule has 0 aromatic heterocycles. The van der Waals surface area contributed by atoms with Crippen molar-refractivity contribution in [3.63, 3.8) is 0 Å². The Hall–Kier alpha value is -1.74. The van der Waals surface area contributed by atoms with Crippen LogP contribution in [0.5, 0.6) is 0 Å². The first-order valence-electron chi connectivity index (χ1n) is 6.93. The van der Waals surface area contributed by atoms with Crippen molar-refractivity contribution >= 4 is 11.9 Å². The largest absolute Gasteiger partial charge is 0.478 e. The van der Waals surface area contributed by atoms with Crippen molar-refractivity contribution in [2.24, 2.45) is 10.8 Å². The molecule has 0 saturated heterocycles. The Bertz CT molecular complexity index is 302. The lowest BCUT2D eigenvalue weighted by molar-refractivity contribution is -0.132. The van der Waals surface area contributed by atoms with E-state index in [2.05, 4.69) is 13.2 Å². The molecular weight excluding hydrogens is 320 g/mol. The summed E-state index contributed by atoms with van der Waals surface area (Å²) in [6.45, 7) is 13.3. The van der Waals surface area contributed by atoms with Gasteiger partial charge in [0, 0.05) is 23.0 Å². The molecule has 0 aliphatic heterocycles. The van der Waals surface area contributed by atoms with Crippen molar-refractivity contribution < 1.29 is 40.2 Å². The first kappa shape index (κ1) is 30.2. The summed E-state index contributed by atoms with van der Waals surface area (Å²) in [6, 6.07) is 0. The van der Waals surface area contributed by atoms with Crippen molar-refractivity contribution in [3.05, 3.63) is 25.3 Å². The summed E-state index contributed by atoms with van der Waals surface area (Å²) in [6.07, 6.45) is 1.67. The van der Waals surface area contributed by atoms with E-state index in [4.69, 9.17) is 30.6 Å². The Morgan fingerprint density at radius 1 is 0.708 bits per heavy atom. The van der Waals surface area contributed by atoms with Crippen molar-refractivity contribution in [3.8, 4) is 0 Å². The minimum Gasteiger partial charge on any atom is -0.478 e. The molecule has 0 aliphatic rings. The second-order valence-corrected chi connectivity index (χ2v) is 6.05. The molecule has 0 unspecified atom stereocenters. The van der Waals surface area contributed by atoms with Gasteiger partial charge in [-0.3, -0.25) is 0 Å². The van der Waals surface area contributed by atoms with E-state index >= 15 is 0 Å². The van der Waals surface area contributed by atoms with Crippen LogP contribution >= 0.6 is 0 Å². The highest BCUT2D eigenvalue weighted by atomic mass is 16.4. The SMILES string of the molecule is C=CC(=O)O.C=CC(=O)O.CC(C)(CO)CO.CC(C)(CO)CO. The smallest absolute Gasteiger partial charge is 0.327 e. The maximum absolute atomic E-state index is 9.25. The quantitative estimate of drug-likeness (QED) is 0.378. The first-order valence-corrected chi connectivity index (χ1v) is 6.93. The van der Waals surface area contributed by atoms with E-state index in [-0.39, 0.29) is 37.3 Å². The minimum atomic E-state index is -0.981. The van der Waals surface area contributed by atoms with Crippen LogP contribution in [0.1, 0.15) is 27.7 Å². The number of rotatable bonds is 6. The number of hydrogen-bond acceptors (Lipinski definition) is 6. The van der Waals surface area contributed by atoms with Gasteiger partial charge in [-0.25, -0.2) is 9.59 Å². The topological polar surface area (TPSA) is 156 Å². The zero-order valence-electron chi connectivity index (χ0n) is 14.9. The van der Waals surface area contributed by atoms with Gasteiger partial charge in [0.15, 0.2) is 0 Å². The maximum atomic E-state index is 9.25. The Morgan fingerprint density at radius 2 is 0.833 bits per heavy atom. The van der Waals surface area contributed by atoms with Crippen LogP contribution in [-0.4, -0.2) is 69.0 Å². The molecule has 0 spiro atoms. The Kier molecular flexibility index (Phi) is 22.1. The van der Waals surface area contributed by atoms with Gasteiger partial charge < -0.3 is 30.6 Å². The lowest BCUT2D eigenvalue weighted by Gasteiger charge is -2.16. The molecule has 0 heterocycles. The summed E-state index contributed by atoms with van der Waals surface area (Å²) >= 11 is 0. The number of carboxylic acid groups (broad SMARTS) is 2. The van der Waals surface area contributed by atoms with E-state index in [0.29, 0.717) is 0 Å². The molecule has 0 aliphatic carbocycles. The number of aliphatic carboxylic acids is 2. The van der Waals surface area contributed by atoms with Gasteiger partial charge in [0.25, 0.3) is 0 Å². The van der Waals surface area contributed by atoms with Crippen molar-refractivity contribution in [1.82, 2.24) is 0 Å². The molecule has 144 valence electrons. The van der Waals surface area contributed by atoms with E-state index in [1.807, 2.05) is 0 Å². The predicted octanol–water partition coefficient (Wildman–Crippen LogP) is 0.508. The average Bonchev–Trinajstić information content (AvgIpc) is 2.56. The van der Waals surface area contributed by atoms with Gasteiger partial charge in [0.05, 0.1) is 26.4 Å². The molecule has 0 saturated carbocycles. The highest BCUT2D eigenvalue weighted by Gasteiger charge is 2.13. The monoisotopic (exact) mass is 352 g/mol. The zero-order valence-corrected chi connectivity index (χ0v) is 14.9. The molecule has 8 nitrogen and oxygen atoms in total. The molecule has 0 aromatic carbocycles. The molecule has 24 heavy (non-hydrogen) atoms. The lowest BCUT2D eigenvalue weighted by atomic mass is 9.97. The summed E-state index contributed by atoms with van der Waals surface area (Å²) < 4.78 is 0. The van der Waals surface area contributed by atoms with Crippen LogP contribution in [0.2, 0.25) is 0 Å². The Labute approximate surface area is 143 Å². The van der Waals surface area contributed by atoms with Gasteiger partial charge in [-0.1, -0.05) is 40.9 Å². The molecular formula is C16H32O8. The van der Waals surface area contributed by atoms with Crippen LogP contribution in [0.25, 0.3) is 0 Å². The summed E-state index contributed by atoms with van der Waals surface area (Å²) in [5.41, 5.74) is -0.611. The highest BCUT2D eigenvalue weighted by Crippen LogP contribution is 2.10. The van der Waals surface area contributed by atoms with Crippen LogP contribution in [0.3, 0.4) is 0 Å². The van der Waals surface area contributed by atoms with Gasteiger partial charge in [-0.05, 0) is 0 Å². The number of carboxylic acids is 2. The lowest BCUT2D eigenvalue weighted by Crippen LogP contribution is -2.20. The molecule has 8 heteroatoms. The Balaban J connectivity index is -0.000000113. The third kappa shape index (κ3) is 37.0. The van der Waals surface area contributed by atoms with Crippen LogP contribution in [-0.2, 0) is 9.59 Å². The van der Waals surface area contributed by atoms with Gasteiger partial charge in [-0.2, -0.15) is 0 Å². The molecule has 0 bridgehead atoms. The molecule has 0 rings (SSSR count). The standard InChI is InChI=1S/2C5H12O2.2C3H4O2/c2*1-5(2,3-6)4-7;2*1-2-3(4)5/h2*6-7H,3-4H2,1-2H3;2*2H,1H2,(H,4,5). The van der Waals surface area contributed by atoms with Crippen molar-refractivity contribution in [2.45, 2.75) is 27.7 Å². The molecule has 0 aromatic rings. The van der Waals surface area contributed by atoms with Gasteiger partial charge in [-0.15, -0.1) is 0 Å². The third-order valence-electron chi connectivity index (χ3n) is 2.06. The average molecular weight is 352 g/mol. The number of hydrogen-bond donors (Lipinski definition) is 6. The van der Waals surface area contributed by atoms with Gasteiger partial charge >= 0.3 is 11.9 Å². The number of aliphatic hydroxyl groups excluding tert-OH is 4.